The molecule has 2 rings (SSSR count). The summed E-state index contributed by atoms with van der Waals surface area (Å²) >= 11 is 1.76. The van der Waals surface area contributed by atoms with Gasteiger partial charge in [-0.05, 0) is 19.1 Å². The SMILES string of the molecule is Cc1ccc(SC(C)C)c(C(=O)N2CCNCC2)c1. The van der Waals surface area contributed by atoms with Gasteiger partial charge in [0.05, 0.1) is 5.56 Å². The van der Waals surface area contributed by atoms with Gasteiger partial charge in [-0.3, -0.25) is 4.79 Å². The highest BCUT2D eigenvalue weighted by atomic mass is 32.2. The minimum Gasteiger partial charge on any atom is -0.336 e. The molecule has 1 saturated heterocycles. The van der Waals surface area contributed by atoms with Crippen LogP contribution in [0.25, 0.3) is 0 Å². The van der Waals surface area contributed by atoms with Crippen molar-refractivity contribution in [1.29, 1.82) is 0 Å². The molecular weight excluding hydrogens is 256 g/mol. The van der Waals surface area contributed by atoms with E-state index >= 15 is 0 Å². The summed E-state index contributed by atoms with van der Waals surface area (Å²) in [4.78, 5) is 15.7. The van der Waals surface area contributed by atoms with Gasteiger partial charge in [0.1, 0.15) is 0 Å². The number of thioether (sulfide) groups is 1. The van der Waals surface area contributed by atoms with Crippen LogP contribution >= 0.6 is 11.8 Å². The largest absolute Gasteiger partial charge is 0.336 e. The van der Waals surface area contributed by atoms with Gasteiger partial charge in [0, 0.05) is 36.3 Å². The number of nitrogens with one attached hydrogen (secondary N) is 1. The summed E-state index contributed by atoms with van der Waals surface area (Å²) in [5.41, 5.74) is 2.01. The molecule has 0 atom stereocenters. The lowest BCUT2D eigenvalue weighted by atomic mass is 10.1. The molecule has 1 aliphatic rings. The Hall–Kier alpha value is -1.00. The van der Waals surface area contributed by atoms with E-state index in [0.717, 1.165) is 42.2 Å². The van der Waals surface area contributed by atoms with Gasteiger partial charge >= 0.3 is 0 Å². The Labute approximate surface area is 119 Å². The molecule has 1 amide bonds. The average molecular weight is 278 g/mol. The molecule has 0 bridgehead atoms. The summed E-state index contributed by atoms with van der Waals surface area (Å²) in [6, 6.07) is 6.18. The first kappa shape index (κ1) is 14.4. The molecule has 1 N–H and O–H groups in total. The first-order chi connectivity index (χ1) is 9.08. The molecule has 0 spiro atoms. The monoisotopic (exact) mass is 278 g/mol. The normalized spacial score (nSPS) is 15.9. The third-order valence-electron chi connectivity index (χ3n) is 3.13. The first-order valence-corrected chi connectivity index (χ1v) is 7.73. The molecule has 0 radical (unpaired) electrons. The van der Waals surface area contributed by atoms with Crippen LogP contribution in [0.4, 0.5) is 0 Å². The number of carbonyl (C=O) groups is 1. The number of rotatable bonds is 3. The molecule has 104 valence electrons. The zero-order valence-corrected chi connectivity index (χ0v) is 12.7. The van der Waals surface area contributed by atoms with E-state index < -0.39 is 0 Å². The minimum absolute atomic E-state index is 0.174. The molecule has 0 aliphatic carbocycles. The van der Waals surface area contributed by atoms with Crippen LogP contribution in [0, 0.1) is 6.92 Å². The third kappa shape index (κ3) is 3.74. The van der Waals surface area contributed by atoms with Crippen molar-refractivity contribution in [1.82, 2.24) is 10.2 Å². The summed E-state index contributed by atoms with van der Waals surface area (Å²) < 4.78 is 0. The van der Waals surface area contributed by atoms with Crippen LogP contribution in [-0.4, -0.2) is 42.2 Å². The van der Waals surface area contributed by atoms with E-state index in [4.69, 9.17) is 0 Å². The van der Waals surface area contributed by atoms with Crippen molar-refractivity contribution in [3.05, 3.63) is 29.3 Å². The highest BCUT2D eigenvalue weighted by molar-refractivity contribution is 8.00. The summed E-state index contributed by atoms with van der Waals surface area (Å²) in [5, 5.41) is 3.76. The molecule has 0 saturated carbocycles. The van der Waals surface area contributed by atoms with Gasteiger partial charge in [-0.1, -0.05) is 25.5 Å². The minimum atomic E-state index is 0.174. The maximum Gasteiger partial charge on any atom is 0.255 e. The molecule has 0 aromatic heterocycles. The lowest BCUT2D eigenvalue weighted by Gasteiger charge is -2.28. The van der Waals surface area contributed by atoms with Gasteiger partial charge in [0.25, 0.3) is 5.91 Å². The number of hydrogen-bond acceptors (Lipinski definition) is 3. The number of benzene rings is 1. The van der Waals surface area contributed by atoms with Crippen molar-refractivity contribution in [2.75, 3.05) is 26.2 Å². The fraction of sp³-hybridized carbons (Fsp3) is 0.533. The maximum absolute atomic E-state index is 12.6. The Kier molecular flexibility index (Phi) is 4.88. The Balaban J connectivity index is 2.25. The fourth-order valence-corrected chi connectivity index (χ4v) is 3.13. The second-order valence-corrected chi connectivity index (χ2v) is 6.83. The average Bonchev–Trinajstić information content (AvgIpc) is 2.40. The second kappa shape index (κ2) is 6.44. The van der Waals surface area contributed by atoms with Gasteiger partial charge in [-0.2, -0.15) is 0 Å². The van der Waals surface area contributed by atoms with Crippen molar-refractivity contribution in [2.45, 2.75) is 30.9 Å². The number of hydrogen-bond donors (Lipinski definition) is 1. The zero-order valence-electron chi connectivity index (χ0n) is 11.9. The van der Waals surface area contributed by atoms with Crippen LogP contribution in [0.3, 0.4) is 0 Å². The van der Waals surface area contributed by atoms with E-state index in [9.17, 15) is 4.79 Å². The zero-order chi connectivity index (χ0) is 13.8. The van der Waals surface area contributed by atoms with Crippen molar-refractivity contribution in [3.8, 4) is 0 Å². The first-order valence-electron chi connectivity index (χ1n) is 6.85. The summed E-state index contributed by atoms with van der Waals surface area (Å²) in [6.07, 6.45) is 0. The number of nitrogens with zero attached hydrogens (tertiary/aromatic N) is 1. The van der Waals surface area contributed by atoms with E-state index in [1.165, 1.54) is 0 Å². The highest BCUT2D eigenvalue weighted by Crippen LogP contribution is 2.28. The molecule has 1 aromatic carbocycles. The molecule has 1 heterocycles. The molecule has 4 heteroatoms. The standard InChI is InChI=1S/C15H22N2OS/c1-11(2)19-14-5-4-12(3)10-13(14)15(18)17-8-6-16-7-9-17/h4-5,10-11,16H,6-9H2,1-3H3. The molecule has 1 fully saturated rings. The lowest BCUT2D eigenvalue weighted by molar-refractivity contribution is 0.0732. The molecule has 1 aliphatic heterocycles. The molecule has 0 unspecified atom stereocenters. The Morgan fingerprint density at radius 2 is 2.00 bits per heavy atom. The van der Waals surface area contributed by atoms with Gasteiger partial charge in [0.15, 0.2) is 0 Å². The van der Waals surface area contributed by atoms with Crippen molar-refractivity contribution in [3.63, 3.8) is 0 Å². The summed E-state index contributed by atoms with van der Waals surface area (Å²) in [6.45, 7) is 9.75. The van der Waals surface area contributed by atoms with Crippen LogP contribution in [-0.2, 0) is 0 Å². The van der Waals surface area contributed by atoms with Crippen molar-refractivity contribution >= 4 is 17.7 Å². The van der Waals surface area contributed by atoms with Crippen LogP contribution in [0.2, 0.25) is 0 Å². The van der Waals surface area contributed by atoms with E-state index in [1.807, 2.05) is 17.9 Å². The molecule has 1 aromatic rings. The fourth-order valence-electron chi connectivity index (χ4n) is 2.21. The Morgan fingerprint density at radius 3 is 2.63 bits per heavy atom. The Morgan fingerprint density at radius 1 is 1.32 bits per heavy atom. The summed E-state index contributed by atoms with van der Waals surface area (Å²) in [7, 11) is 0. The molecule has 3 nitrogen and oxygen atoms in total. The predicted octanol–water partition coefficient (Wildman–Crippen LogP) is 2.54. The van der Waals surface area contributed by atoms with E-state index in [-0.39, 0.29) is 5.91 Å². The van der Waals surface area contributed by atoms with Crippen LogP contribution in [0.15, 0.2) is 23.1 Å². The van der Waals surface area contributed by atoms with Crippen LogP contribution < -0.4 is 5.32 Å². The highest BCUT2D eigenvalue weighted by Gasteiger charge is 2.21. The summed E-state index contributed by atoms with van der Waals surface area (Å²) in [5.74, 6) is 0.174. The van der Waals surface area contributed by atoms with Gasteiger partial charge < -0.3 is 10.2 Å². The van der Waals surface area contributed by atoms with Crippen molar-refractivity contribution in [2.24, 2.45) is 0 Å². The number of aryl methyl sites for hydroxylation is 1. The molecule has 19 heavy (non-hydrogen) atoms. The van der Waals surface area contributed by atoms with Crippen molar-refractivity contribution < 1.29 is 4.79 Å². The van der Waals surface area contributed by atoms with E-state index in [2.05, 4.69) is 31.3 Å². The van der Waals surface area contributed by atoms with E-state index in [1.54, 1.807) is 11.8 Å². The smallest absolute Gasteiger partial charge is 0.255 e. The number of piperazine rings is 1. The quantitative estimate of drug-likeness (QED) is 0.862. The second-order valence-electron chi connectivity index (χ2n) is 5.21. The topological polar surface area (TPSA) is 32.3 Å². The van der Waals surface area contributed by atoms with Crippen LogP contribution in [0.1, 0.15) is 29.8 Å². The number of carbonyl (C=O) groups excluding carboxylic acids is 1. The Bertz CT molecular complexity index is 453. The molecular formula is C15H22N2OS. The van der Waals surface area contributed by atoms with Gasteiger partial charge in [-0.15, -0.1) is 11.8 Å². The van der Waals surface area contributed by atoms with Gasteiger partial charge in [-0.25, -0.2) is 0 Å². The predicted molar refractivity (Wildman–Crippen MR) is 80.9 cm³/mol. The maximum atomic E-state index is 12.6. The van der Waals surface area contributed by atoms with E-state index in [0.29, 0.717) is 5.25 Å². The van der Waals surface area contributed by atoms with Gasteiger partial charge in [0.2, 0.25) is 0 Å². The lowest BCUT2D eigenvalue weighted by Crippen LogP contribution is -2.46. The third-order valence-corrected chi connectivity index (χ3v) is 4.21. The van der Waals surface area contributed by atoms with Crippen LogP contribution in [0.5, 0.6) is 0 Å². The number of amides is 1.